The molecule has 0 aliphatic carbocycles. The number of nitrogens with one attached hydrogen (secondary N) is 3. The summed E-state index contributed by atoms with van der Waals surface area (Å²) in [6, 6.07) is 14.5. The maximum Gasteiger partial charge on any atom is 0.279 e. The Morgan fingerprint density at radius 1 is 1.07 bits per heavy atom. The molecule has 1 aliphatic rings. The Balaban J connectivity index is 1.39. The van der Waals surface area contributed by atoms with Crippen molar-refractivity contribution in [3.63, 3.8) is 0 Å². The second-order valence-electron chi connectivity index (χ2n) is 6.87. The van der Waals surface area contributed by atoms with Crippen molar-refractivity contribution in [1.82, 2.24) is 0 Å². The molecule has 1 aliphatic heterocycles. The number of hydrogen-bond donors (Lipinski definition) is 3. The summed E-state index contributed by atoms with van der Waals surface area (Å²) in [5.74, 6) is -0.555. The third-order valence-corrected chi connectivity index (χ3v) is 5.08. The Hall–Kier alpha value is -2.21. The van der Waals surface area contributed by atoms with Crippen LogP contribution in [0.15, 0.2) is 54.6 Å². The van der Waals surface area contributed by atoms with E-state index in [1.54, 1.807) is 0 Å². The summed E-state index contributed by atoms with van der Waals surface area (Å²) < 4.78 is 13.2. The molecule has 3 rings (SSSR count). The smallest absolute Gasteiger partial charge is 0.279 e. The largest absolute Gasteiger partial charge is 0.322 e. The lowest BCUT2D eigenvalue weighted by Gasteiger charge is -2.28. The Morgan fingerprint density at radius 2 is 1.78 bits per heavy atom. The number of halogens is 2. The van der Waals surface area contributed by atoms with Crippen LogP contribution in [0.1, 0.15) is 5.56 Å². The second kappa shape index (κ2) is 9.65. The van der Waals surface area contributed by atoms with Crippen LogP contribution in [0.4, 0.5) is 10.1 Å². The molecule has 0 bridgehead atoms. The third-order valence-electron chi connectivity index (χ3n) is 4.79. The molecule has 6 heteroatoms. The SMILES string of the molecule is O=C(C[NH+]1CC[NH+](C/C=C/c2ccccc2)CC1)Nc1ccc(F)c(Cl)c1. The van der Waals surface area contributed by atoms with E-state index >= 15 is 0 Å². The third kappa shape index (κ3) is 6.17. The predicted molar refractivity (Wildman–Crippen MR) is 107 cm³/mol. The maximum atomic E-state index is 13.2. The molecule has 142 valence electrons. The molecule has 0 unspecified atom stereocenters. The average molecular weight is 390 g/mol. The van der Waals surface area contributed by atoms with Gasteiger partial charge in [0.2, 0.25) is 0 Å². The van der Waals surface area contributed by atoms with Gasteiger partial charge in [0, 0.05) is 5.69 Å². The topological polar surface area (TPSA) is 38.0 Å². The van der Waals surface area contributed by atoms with Gasteiger partial charge in [0.25, 0.3) is 5.91 Å². The molecule has 1 amide bonds. The molecule has 2 aromatic carbocycles. The van der Waals surface area contributed by atoms with Gasteiger partial charge in [-0.1, -0.05) is 48.0 Å². The molecule has 0 radical (unpaired) electrons. The van der Waals surface area contributed by atoms with Crippen LogP contribution in [0, 0.1) is 5.82 Å². The number of rotatable bonds is 6. The van der Waals surface area contributed by atoms with Gasteiger partial charge in [-0.2, -0.15) is 0 Å². The molecule has 4 nitrogen and oxygen atoms in total. The van der Waals surface area contributed by atoms with Crippen molar-refractivity contribution in [2.75, 3.05) is 44.6 Å². The van der Waals surface area contributed by atoms with E-state index in [1.165, 1.54) is 33.6 Å². The van der Waals surface area contributed by atoms with Crippen LogP contribution in [0.5, 0.6) is 0 Å². The monoisotopic (exact) mass is 389 g/mol. The summed E-state index contributed by atoms with van der Waals surface area (Å²) in [5, 5.41) is 2.81. The molecule has 3 N–H and O–H groups in total. The van der Waals surface area contributed by atoms with Gasteiger partial charge in [0.1, 0.15) is 32.0 Å². The molecule has 0 atom stereocenters. The second-order valence-corrected chi connectivity index (χ2v) is 7.28. The predicted octanol–water partition coefficient (Wildman–Crippen LogP) is 0.914. The van der Waals surface area contributed by atoms with Crippen molar-refractivity contribution in [3.8, 4) is 0 Å². The molecule has 0 saturated carbocycles. The first-order chi connectivity index (χ1) is 13.1. The first-order valence-corrected chi connectivity index (χ1v) is 9.61. The minimum atomic E-state index is -0.485. The number of hydrogen-bond acceptors (Lipinski definition) is 1. The van der Waals surface area contributed by atoms with E-state index in [9.17, 15) is 9.18 Å². The normalized spacial score (nSPS) is 19.9. The summed E-state index contributed by atoms with van der Waals surface area (Å²) in [4.78, 5) is 15.0. The van der Waals surface area contributed by atoms with E-state index in [2.05, 4.69) is 29.6 Å². The van der Waals surface area contributed by atoms with E-state index in [-0.39, 0.29) is 10.9 Å². The first-order valence-electron chi connectivity index (χ1n) is 9.24. The van der Waals surface area contributed by atoms with Gasteiger partial charge < -0.3 is 15.1 Å². The number of benzene rings is 2. The summed E-state index contributed by atoms with van der Waals surface area (Å²) in [6.45, 7) is 5.44. The number of piperazine rings is 1. The lowest BCUT2D eigenvalue weighted by Crippen LogP contribution is -3.28. The highest BCUT2D eigenvalue weighted by atomic mass is 35.5. The highest BCUT2D eigenvalue weighted by Crippen LogP contribution is 2.19. The van der Waals surface area contributed by atoms with Crippen LogP contribution in [-0.4, -0.2) is 45.2 Å². The number of amides is 1. The van der Waals surface area contributed by atoms with E-state index in [0.717, 1.165) is 32.7 Å². The highest BCUT2D eigenvalue weighted by Gasteiger charge is 2.24. The van der Waals surface area contributed by atoms with Gasteiger partial charge >= 0.3 is 0 Å². The quantitative estimate of drug-likeness (QED) is 0.675. The van der Waals surface area contributed by atoms with Crippen LogP contribution in [-0.2, 0) is 4.79 Å². The summed E-state index contributed by atoms with van der Waals surface area (Å²) in [7, 11) is 0. The Bertz CT molecular complexity index is 789. The van der Waals surface area contributed by atoms with Gasteiger partial charge in [0.15, 0.2) is 6.54 Å². The summed E-state index contributed by atoms with van der Waals surface area (Å²) >= 11 is 5.75. The minimum Gasteiger partial charge on any atom is -0.322 e. The van der Waals surface area contributed by atoms with Crippen LogP contribution in [0.3, 0.4) is 0 Å². The van der Waals surface area contributed by atoms with Crippen molar-refractivity contribution in [3.05, 3.63) is 71.0 Å². The fraction of sp³-hybridized carbons (Fsp3) is 0.286. The molecule has 1 fully saturated rings. The number of carbonyl (C=O) groups excluding carboxylic acids is 1. The van der Waals surface area contributed by atoms with Crippen molar-refractivity contribution < 1.29 is 19.0 Å². The zero-order valence-corrected chi connectivity index (χ0v) is 15.9. The Kier molecular flexibility index (Phi) is 6.98. The number of quaternary nitrogens is 2. The Morgan fingerprint density at radius 3 is 2.48 bits per heavy atom. The van der Waals surface area contributed by atoms with Crippen LogP contribution in [0.25, 0.3) is 6.08 Å². The van der Waals surface area contributed by atoms with Crippen molar-refractivity contribution in [1.29, 1.82) is 0 Å². The molecular weight excluding hydrogens is 365 g/mol. The first kappa shape index (κ1) is 19.5. The molecule has 1 heterocycles. The van der Waals surface area contributed by atoms with E-state index < -0.39 is 5.82 Å². The van der Waals surface area contributed by atoms with Crippen molar-refractivity contribution >= 4 is 29.3 Å². The summed E-state index contributed by atoms with van der Waals surface area (Å²) in [6.07, 6.45) is 4.38. The van der Waals surface area contributed by atoms with E-state index in [0.29, 0.717) is 12.2 Å². The van der Waals surface area contributed by atoms with Crippen LogP contribution < -0.4 is 15.1 Å². The van der Waals surface area contributed by atoms with Crippen molar-refractivity contribution in [2.45, 2.75) is 0 Å². The average Bonchev–Trinajstić information content (AvgIpc) is 2.67. The minimum absolute atomic E-state index is 0.0147. The molecule has 0 aromatic heterocycles. The van der Waals surface area contributed by atoms with Gasteiger partial charge in [-0.25, -0.2) is 4.39 Å². The maximum absolute atomic E-state index is 13.2. The lowest BCUT2D eigenvalue weighted by molar-refractivity contribution is -1.01. The number of carbonyl (C=O) groups is 1. The van der Waals surface area contributed by atoms with Gasteiger partial charge in [-0.05, 0) is 29.8 Å². The van der Waals surface area contributed by atoms with Gasteiger partial charge in [-0.3, -0.25) is 4.79 Å². The van der Waals surface area contributed by atoms with Crippen LogP contribution >= 0.6 is 11.6 Å². The molecule has 27 heavy (non-hydrogen) atoms. The van der Waals surface area contributed by atoms with E-state index in [4.69, 9.17) is 11.6 Å². The van der Waals surface area contributed by atoms with Gasteiger partial charge in [0.05, 0.1) is 11.6 Å². The zero-order valence-electron chi connectivity index (χ0n) is 15.2. The van der Waals surface area contributed by atoms with E-state index in [1.807, 2.05) is 18.2 Å². The Labute approximate surface area is 164 Å². The summed E-state index contributed by atoms with van der Waals surface area (Å²) in [5.41, 5.74) is 1.75. The van der Waals surface area contributed by atoms with Crippen LogP contribution in [0.2, 0.25) is 5.02 Å². The standard InChI is InChI=1S/C21H23ClFN3O/c22-19-15-18(8-9-20(19)23)24-21(27)16-26-13-11-25(12-14-26)10-4-7-17-5-2-1-3-6-17/h1-9,15H,10-14,16H2,(H,24,27)/p+2/b7-4+. The lowest BCUT2D eigenvalue weighted by atomic mass is 10.2. The molecular formula is C21H25ClFN3O+2. The fourth-order valence-corrected chi connectivity index (χ4v) is 3.45. The van der Waals surface area contributed by atoms with Gasteiger partial charge in [-0.15, -0.1) is 0 Å². The number of anilines is 1. The zero-order chi connectivity index (χ0) is 19.1. The molecule has 0 spiro atoms. The molecule has 2 aromatic rings. The fourth-order valence-electron chi connectivity index (χ4n) is 3.27. The highest BCUT2D eigenvalue weighted by molar-refractivity contribution is 6.31. The van der Waals surface area contributed by atoms with Crippen molar-refractivity contribution in [2.24, 2.45) is 0 Å². The molecule has 1 saturated heterocycles.